The Morgan fingerprint density at radius 2 is 2.28 bits per heavy atom. The van der Waals surface area contributed by atoms with E-state index in [0.717, 1.165) is 21.1 Å². The molecule has 7 heteroatoms. The van der Waals surface area contributed by atoms with Gasteiger partial charge in [0, 0.05) is 18.0 Å². The predicted molar refractivity (Wildman–Crippen MR) is 69.6 cm³/mol. The van der Waals surface area contributed by atoms with Crippen LogP contribution in [0, 0.1) is 0 Å². The number of nitrogens with two attached hydrogens (primary N) is 1. The molecule has 0 aliphatic rings. The number of fused-ring (bicyclic) bond motifs is 1. The summed E-state index contributed by atoms with van der Waals surface area (Å²) in [6.45, 7) is 0.233. The third-order valence-corrected chi connectivity index (χ3v) is 3.27. The Morgan fingerprint density at radius 3 is 3.00 bits per heavy atom. The number of hydrogen-bond donors (Lipinski definition) is 1. The highest BCUT2D eigenvalue weighted by atomic mass is 79.9. The summed E-state index contributed by atoms with van der Waals surface area (Å²) in [5.41, 5.74) is 7.34. The molecule has 0 amide bonds. The minimum absolute atomic E-state index is 0.233. The van der Waals surface area contributed by atoms with Gasteiger partial charge in [0.05, 0.1) is 12.1 Å². The Hall–Kier alpha value is -1.73. The molecule has 2 N–H and O–H groups in total. The Bertz CT molecular complexity index is 717. The minimum atomic E-state index is 0.233. The van der Waals surface area contributed by atoms with Crippen molar-refractivity contribution in [1.29, 1.82) is 0 Å². The average molecular weight is 308 g/mol. The molecule has 0 aliphatic carbocycles. The Labute approximate surface area is 111 Å². The van der Waals surface area contributed by atoms with Gasteiger partial charge < -0.3 is 10.3 Å². The summed E-state index contributed by atoms with van der Waals surface area (Å²) in [5, 5.41) is 9.22. The quantitative estimate of drug-likeness (QED) is 0.781. The first-order chi connectivity index (χ1) is 8.70. The summed E-state index contributed by atoms with van der Waals surface area (Å²) in [6, 6.07) is 5.85. The molecule has 0 saturated carbocycles. The van der Waals surface area contributed by atoms with Crippen molar-refractivity contribution < 1.29 is 4.52 Å². The highest BCUT2D eigenvalue weighted by Crippen LogP contribution is 2.31. The van der Waals surface area contributed by atoms with Gasteiger partial charge in [-0.25, -0.2) is 0 Å². The maximum atomic E-state index is 5.47. The van der Waals surface area contributed by atoms with Crippen molar-refractivity contribution in [2.75, 3.05) is 0 Å². The number of rotatable bonds is 2. The van der Waals surface area contributed by atoms with Gasteiger partial charge in [0.1, 0.15) is 4.60 Å². The third-order valence-electron chi connectivity index (χ3n) is 2.72. The first kappa shape index (κ1) is 11.4. The molecule has 1 aromatic carbocycles. The zero-order chi connectivity index (χ0) is 12.7. The van der Waals surface area contributed by atoms with E-state index in [0.29, 0.717) is 11.7 Å². The summed E-state index contributed by atoms with van der Waals surface area (Å²) in [5.74, 6) is 0.941. The lowest BCUT2D eigenvalue weighted by Crippen LogP contribution is -1.95. The van der Waals surface area contributed by atoms with Crippen LogP contribution in [0.4, 0.5) is 0 Å². The molecule has 2 heterocycles. The molecule has 0 fully saturated rings. The standard InChI is InChI=1S/C11H10BrN5O/c1-17-7-4-2-3-6(9(7)10(12)15-17)11-14-8(5-13)18-16-11/h2-4H,5,13H2,1H3. The van der Waals surface area contributed by atoms with Crippen LogP contribution in [0.2, 0.25) is 0 Å². The summed E-state index contributed by atoms with van der Waals surface area (Å²) in [7, 11) is 1.89. The highest BCUT2D eigenvalue weighted by molar-refractivity contribution is 9.10. The second-order valence-corrected chi connectivity index (χ2v) is 4.58. The molecule has 0 unspecified atom stereocenters. The van der Waals surface area contributed by atoms with Gasteiger partial charge in [0.25, 0.3) is 0 Å². The van der Waals surface area contributed by atoms with Gasteiger partial charge in [-0.2, -0.15) is 10.1 Å². The first-order valence-electron chi connectivity index (χ1n) is 5.35. The number of aromatic nitrogens is 4. The van der Waals surface area contributed by atoms with Crippen LogP contribution in [0.5, 0.6) is 0 Å². The molecule has 0 saturated heterocycles. The smallest absolute Gasteiger partial charge is 0.240 e. The van der Waals surface area contributed by atoms with Crippen molar-refractivity contribution >= 4 is 26.8 Å². The summed E-state index contributed by atoms with van der Waals surface area (Å²) < 4.78 is 7.59. The van der Waals surface area contributed by atoms with Gasteiger partial charge in [-0.15, -0.1) is 0 Å². The predicted octanol–water partition coefficient (Wildman–Crippen LogP) is 1.84. The van der Waals surface area contributed by atoms with E-state index in [1.54, 1.807) is 4.68 Å². The normalized spacial score (nSPS) is 11.3. The monoisotopic (exact) mass is 307 g/mol. The fraction of sp³-hybridized carbons (Fsp3) is 0.182. The molecule has 0 aliphatic heterocycles. The van der Waals surface area contributed by atoms with Crippen LogP contribution in [0.3, 0.4) is 0 Å². The first-order valence-corrected chi connectivity index (χ1v) is 6.14. The largest absolute Gasteiger partial charge is 0.338 e. The van der Waals surface area contributed by atoms with Crippen LogP contribution < -0.4 is 5.73 Å². The van der Waals surface area contributed by atoms with Crippen LogP contribution in [-0.4, -0.2) is 19.9 Å². The van der Waals surface area contributed by atoms with E-state index in [9.17, 15) is 0 Å². The SMILES string of the molecule is Cn1nc(Br)c2c(-c3noc(CN)n3)cccc21. The molecule has 0 atom stereocenters. The molecule has 6 nitrogen and oxygen atoms in total. The van der Waals surface area contributed by atoms with Crippen LogP contribution in [-0.2, 0) is 13.6 Å². The Morgan fingerprint density at radius 1 is 1.44 bits per heavy atom. The van der Waals surface area contributed by atoms with Gasteiger partial charge in [-0.3, -0.25) is 4.68 Å². The van der Waals surface area contributed by atoms with Crippen LogP contribution >= 0.6 is 15.9 Å². The fourth-order valence-corrected chi connectivity index (χ4v) is 2.55. The lowest BCUT2D eigenvalue weighted by Gasteiger charge is -1.98. The van der Waals surface area contributed by atoms with Gasteiger partial charge in [0.2, 0.25) is 11.7 Å². The Kier molecular flexibility index (Phi) is 2.64. The maximum absolute atomic E-state index is 5.47. The van der Waals surface area contributed by atoms with E-state index < -0.39 is 0 Å². The zero-order valence-electron chi connectivity index (χ0n) is 9.59. The van der Waals surface area contributed by atoms with Crippen molar-refractivity contribution in [3.8, 4) is 11.4 Å². The molecule has 3 rings (SSSR count). The lowest BCUT2D eigenvalue weighted by molar-refractivity contribution is 0.380. The second-order valence-electron chi connectivity index (χ2n) is 3.83. The average Bonchev–Trinajstić information content (AvgIpc) is 2.95. The molecule has 0 spiro atoms. The number of aryl methyl sites for hydroxylation is 1. The van der Waals surface area contributed by atoms with Crippen molar-refractivity contribution in [3.63, 3.8) is 0 Å². The fourth-order valence-electron chi connectivity index (χ4n) is 1.90. The lowest BCUT2D eigenvalue weighted by atomic mass is 10.1. The highest BCUT2D eigenvalue weighted by Gasteiger charge is 2.15. The number of nitrogens with zero attached hydrogens (tertiary/aromatic N) is 4. The molecular weight excluding hydrogens is 298 g/mol. The van der Waals surface area contributed by atoms with Crippen molar-refractivity contribution in [2.24, 2.45) is 12.8 Å². The number of benzene rings is 1. The minimum Gasteiger partial charge on any atom is -0.338 e. The van der Waals surface area contributed by atoms with Gasteiger partial charge in [-0.05, 0) is 22.0 Å². The van der Waals surface area contributed by atoms with Crippen molar-refractivity contribution in [3.05, 3.63) is 28.7 Å². The summed E-state index contributed by atoms with van der Waals surface area (Å²) >= 11 is 3.45. The number of hydrogen-bond acceptors (Lipinski definition) is 5. The van der Waals surface area contributed by atoms with E-state index in [-0.39, 0.29) is 6.54 Å². The summed E-state index contributed by atoms with van der Waals surface area (Å²) in [6.07, 6.45) is 0. The van der Waals surface area contributed by atoms with E-state index in [1.165, 1.54) is 0 Å². The van der Waals surface area contributed by atoms with Crippen molar-refractivity contribution in [2.45, 2.75) is 6.54 Å². The Balaban J connectivity index is 2.28. The summed E-state index contributed by atoms with van der Waals surface area (Å²) in [4.78, 5) is 4.24. The zero-order valence-corrected chi connectivity index (χ0v) is 11.2. The molecule has 2 aromatic heterocycles. The molecular formula is C11H10BrN5O. The molecule has 92 valence electrons. The third kappa shape index (κ3) is 1.63. The molecule has 18 heavy (non-hydrogen) atoms. The van der Waals surface area contributed by atoms with Gasteiger partial charge in [-0.1, -0.05) is 17.3 Å². The van der Waals surface area contributed by atoms with E-state index in [2.05, 4.69) is 31.2 Å². The van der Waals surface area contributed by atoms with Crippen LogP contribution in [0.15, 0.2) is 27.3 Å². The van der Waals surface area contributed by atoms with Crippen LogP contribution in [0.25, 0.3) is 22.3 Å². The van der Waals surface area contributed by atoms with E-state index in [1.807, 2.05) is 25.2 Å². The van der Waals surface area contributed by atoms with E-state index >= 15 is 0 Å². The molecule has 0 radical (unpaired) electrons. The van der Waals surface area contributed by atoms with Gasteiger partial charge in [0.15, 0.2) is 0 Å². The molecule has 0 bridgehead atoms. The second kappa shape index (κ2) is 4.18. The van der Waals surface area contributed by atoms with Gasteiger partial charge >= 0.3 is 0 Å². The maximum Gasteiger partial charge on any atom is 0.240 e. The van der Waals surface area contributed by atoms with E-state index in [4.69, 9.17) is 10.3 Å². The van der Waals surface area contributed by atoms with Crippen LogP contribution in [0.1, 0.15) is 5.89 Å². The number of halogens is 1. The van der Waals surface area contributed by atoms with Crippen molar-refractivity contribution in [1.82, 2.24) is 19.9 Å². The topological polar surface area (TPSA) is 82.8 Å². The molecule has 3 aromatic rings.